The molecular formula is C18H18BrCl. The molecule has 0 N–H and O–H groups in total. The van der Waals surface area contributed by atoms with Gasteiger partial charge in [0.15, 0.2) is 0 Å². The van der Waals surface area contributed by atoms with E-state index in [1.807, 2.05) is 0 Å². The maximum absolute atomic E-state index is 6.43. The van der Waals surface area contributed by atoms with Crippen LogP contribution in [0.3, 0.4) is 0 Å². The van der Waals surface area contributed by atoms with Crippen LogP contribution in [-0.2, 0) is 0 Å². The summed E-state index contributed by atoms with van der Waals surface area (Å²) in [5.74, 6) is 1.32. The normalized spacial score (nSPS) is 22.6. The van der Waals surface area contributed by atoms with Crippen molar-refractivity contribution in [1.29, 1.82) is 0 Å². The third kappa shape index (κ3) is 2.66. The van der Waals surface area contributed by atoms with Gasteiger partial charge < -0.3 is 0 Å². The Labute approximate surface area is 134 Å². The molecule has 0 nitrogen and oxygen atoms in total. The van der Waals surface area contributed by atoms with E-state index in [0.29, 0.717) is 16.7 Å². The Morgan fingerprint density at radius 1 is 1.10 bits per heavy atom. The van der Waals surface area contributed by atoms with Crippen molar-refractivity contribution < 1.29 is 0 Å². The summed E-state index contributed by atoms with van der Waals surface area (Å²) >= 11 is 10.3. The zero-order chi connectivity index (χ0) is 14.3. The van der Waals surface area contributed by atoms with Gasteiger partial charge in [-0.25, -0.2) is 0 Å². The van der Waals surface area contributed by atoms with Crippen molar-refractivity contribution in [2.45, 2.75) is 31.0 Å². The van der Waals surface area contributed by atoms with Crippen molar-refractivity contribution >= 4 is 27.5 Å². The van der Waals surface area contributed by atoms with Gasteiger partial charge in [0.25, 0.3) is 0 Å². The lowest BCUT2D eigenvalue weighted by molar-refractivity contribution is 0.785. The Morgan fingerprint density at radius 2 is 1.75 bits per heavy atom. The molecule has 104 valence electrons. The van der Waals surface area contributed by atoms with Gasteiger partial charge in [-0.1, -0.05) is 63.9 Å². The van der Waals surface area contributed by atoms with Crippen molar-refractivity contribution in [2.24, 2.45) is 5.92 Å². The van der Waals surface area contributed by atoms with Gasteiger partial charge in [0.2, 0.25) is 0 Å². The molecule has 2 aromatic carbocycles. The van der Waals surface area contributed by atoms with Gasteiger partial charge in [0, 0.05) is 9.85 Å². The Morgan fingerprint density at radius 3 is 2.45 bits per heavy atom. The topological polar surface area (TPSA) is 0 Å². The molecule has 1 aliphatic rings. The first-order valence-electron chi connectivity index (χ1n) is 7.03. The molecule has 1 saturated carbocycles. The summed E-state index contributed by atoms with van der Waals surface area (Å²) < 4.78 is 0. The number of rotatable bonds is 3. The van der Waals surface area contributed by atoms with E-state index in [9.17, 15) is 0 Å². The number of hydrogen-bond acceptors (Lipinski definition) is 0. The van der Waals surface area contributed by atoms with Gasteiger partial charge in [-0.15, -0.1) is 0 Å². The number of alkyl halides is 1. The molecule has 3 rings (SSSR count). The summed E-state index contributed by atoms with van der Waals surface area (Å²) in [5, 5.41) is 0.883. The monoisotopic (exact) mass is 348 g/mol. The van der Waals surface area contributed by atoms with E-state index in [1.165, 1.54) is 28.7 Å². The molecule has 0 radical (unpaired) electrons. The Kier molecular flexibility index (Phi) is 3.92. The molecule has 3 atom stereocenters. The third-order valence-corrected chi connectivity index (χ3v) is 5.85. The smallest absolute Gasteiger partial charge is 0.0452 e. The van der Waals surface area contributed by atoms with Crippen molar-refractivity contribution in [1.82, 2.24) is 0 Å². The SMILES string of the molecule is Cc1cc(Cl)c(C(Br)C2CC2c2ccccc2)cc1C. The van der Waals surface area contributed by atoms with E-state index in [4.69, 9.17) is 11.6 Å². The predicted molar refractivity (Wildman–Crippen MR) is 89.9 cm³/mol. The highest BCUT2D eigenvalue weighted by Gasteiger charge is 2.43. The maximum Gasteiger partial charge on any atom is 0.0452 e. The number of aryl methyl sites for hydroxylation is 2. The van der Waals surface area contributed by atoms with Crippen molar-refractivity contribution in [3.8, 4) is 0 Å². The average Bonchev–Trinajstić information content (AvgIpc) is 3.23. The van der Waals surface area contributed by atoms with Crippen LogP contribution in [-0.4, -0.2) is 0 Å². The summed E-state index contributed by atoms with van der Waals surface area (Å²) in [6.45, 7) is 4.26. The quantitative estimate of drug-likeness (QED) is 0.579. The van der Waals surface area contributed by atoms with E-state index in [1.54, 1.807) is 0 Å². The summed E-state index contributed by atoms with van der Waals surface area (Å²) in [4.78, 5) is 0.347. The van der Waals surface area contributed by atoms with Gasteiger partial charge in [0.1, 0.15) is 0 Å². The third-order valence-electron chi connectivity index (χ3n) is 4.35. The molecule has 0 aromatic heterocycles. The van der Waals surface area contributed by atoms with Crippen LogP contribution in [0, 0.1) is 19.8 Å². The van der Waals surface area contributed by atoms with Crippen LogP contribution in [0.15, 0.2) is 42.5 Å². The number of halogens is 2. The summed E-state index contributed by atoms with van der Waals surface area (Å²) in [6.07, 6.45) is 1.24. The van der Waals surface area contributed by atoms with Crippen LogP contribution >= 0.6 is 27.5 Å². The predicted octanol–water partition coefficient (Wildman–Crippen LogP) is 6.20. The summed E-state index contributed by atoms with van der Waals surface area (Å²) in [5.41, 5.74) is 5.25. The van der Waals surface area contributed by atoms with Gasteiger partial charge in [0.05, 0.1) is 0 Å². The second-order valence-corrected chi connectivity index (χ2v) is 7.17. The Balaban J connectivity index is 1.82. The number of benzene rings is 2. The van der Waals surface area contributed by atoms with E-state index in [2.05, 4.69) is 72.2 Å². The second-order valence-electron chi connectivity index (χ2n) is 5.78. The molecule has 0 bridgehead atoms. The first-order valence-corrected chi connectivity index (χ1v) is 8.33. The van der Waals surface area contributed by atoms with Crippen LogP contribution in [0.4, 0.5) is 0 Å². The van der Waals surface area contributed by atoms with Crippen LogP contribution in [0.1, 0.15) is 39.4 Å². The molecule has 1 fully saturated rings. The highest BCUT2D eigenvalue weighted by Crippen LogP contribution is 2.58. The maximum atomic E-state index is 6.43. The van der Waals surface area contributed by atoms with Crippen LogP contribution in [0.5, 0.6) is 0 Å². The van der Waals surface area contributed by atoms with E-state index in [0.717, 1.165) is 5.02 Å². The largest absolute Gasteiger partial charge is 0.0840 e. The molecule has 0 heterocycles. The lowest BCUT2D eigenvalue weighted by atomic mass is 10.00. The summed E-state index contributed by atoms with van der Waals surface area (Å²) in [7, 11) is 0. The fourth-order valence-corrected chi connectivity index (χ4v) is 4.30. The molecule has 0 amide bonds. The minimum Gasteiger partial charge on any atom is -0.0840 e. The fourth-order valence-electron chi connectivity index (χ4n) is 2.87. The average molecular weight is 350 g/mol. The molecule has 0 aliphatic heterocycles. The van der Waals surface area contributed by atoms with Gasteiger partial charge >= 0.3 is 0 Å². The van der Waals surface area contributed by atoms with Crippen LogP contribution in [0.25, 0.3) is 0 Å². The van der Waals surface area contributed by atoms with Crippen molar-refractivity contribution in [2.75, 3.05) is 0 Å². The first-order chi connectivity index (χ1) is 9.58. The van der Waals surface area contributed by atoms with E-state index >= 15 is 0 Å². The second kappa shape index (κ2) is 5.54. The van der Waals surface area contributed by atoms with Gasteiger partial charge in [-0.05, 0) is 60.4 Å². The zero-order valence-corrected chi connectivity index (χ0v) is 14.1. The molecule has 0 saturated heterocycles. The number of hydrogen-bond donors (Lipinski definition) is 0. The Bertz CT molecular complexity index is 621. The standard InChI is InChI=1S/C18H18BrCl/c1-11-8-16(17(20)9-12(11)2)18(19)15-10-14(15)13-6-4-3-5-7-13/h3-9,14-15,18H,10H2,1-2H3. The minimum absolute atomic E-state index is 0.347. The molecule has 2 aromatic rings. The molecule has 2 heteroatoms. The summed E-state index contributed by atoms with van der Waals surface area (Å²) in [6, 6.07) is 15.1. The van der Waals surface area contributed by atoms with E-state index in [-0.39, 0.29) is 0 Å². The van der Waals surface area contributed by atoms with E-state index < -0.39 is 0 Å². The highest BCUT2D eigenvalue weighted by atomic mass is 79.9. The lowest BCUT2D eigenvalue weighted by Crippen LogP contribution is -1.97. The Hall–Kier alpha value is -0.790. The minimum atomic E-state index is 0.347. The zero-order valence-electron chi connectivity index (χ0n) is 11.7. The molecule has 3 unspecified atom stereocenters. The molecular weight excluding hydrogens is 332 g/mol. The van der Waals surface area contributed by atoms with Crippen LogP contribution < -0.4 is 0 Å². The van der Waals surface area contributed by atoms with Gasteiger partial charge in [-0.2, -0.15) is 0 Å². The van der Waals surface area contributed by atoms with Gasteiger partial charge in [-0.3, -0.25) is 0 Å². The highest BCUT2D eigenvalue weighted by molar-refractivity contribution is 9.09. The first kappa shape index (κ1) is 14.2. The lowest BCUT2D eigenvalue weighted by Gasteiger charge is -2.14. The fraction of sp³-hybridized carbons (Fsp3) is 0.333. The molecule has 0 spiro atoms. The molecule has 20 heavy (non-hydrogen) atoms. The van der Waals surface area contributed by atoms with Crippen molar-refractivity contribution in [3.63, 3.8) is 0 Å². The van der Waals surface area contributed by atoms with Crippen molar-refractivity contribution in [3.05, 3.63) is 69.7 Å². The van der Waals surface area contributed by atoms with Crippen LogP contribution in [0.2, 0.25) is 5.02 Å². The molecule has 1 aliphatic carbocycles.